The smallest absolute Gasteiger partial charge is 0.322 e. The molecule has 3 rings (SSSR count). The summed E-state index contributed by atoms with van der Waals surface area (Å²) in [5, 5.41) is 31.7. The molecule has 40 heavy (non-hydrogen) atoms. The Bertz CT molecular complexity index is 1090. The van der Waals surface area contributed by atoms with Gasteiger partial charge in [0.1, 0.15) is 19.6 Å². The van der Waals surface area contributed by atoms with Crippen LogP contribution >= 0.6 is 0 Å². The monoisotopic (exact) mass is 679 g/mol. The number of rotatable bonds is 9. The van der Waals surface area contributed by atoms with E-state index >= 15 is 0 Å². The number of amides is 3. The molecule has 0 bridgehead atoms. The maximum absolute atomic E-state index is 11.2. The number of nitrogens with one attached hydrogen (secondary N) is 3. The molecule has 0 aliphatic heterocycles. The molecule has 0 aromatic heterocycles. The van der Waals surface area contributed by atoms with E-state index in [1.807, 2.05) is 0 Å². The van der Waals surface area contributed by atoms with Crippen molar-refractivity contribution in [1.82, 2.24) is 16.0 Å². The van der Waals surface area contributed by atoms with Crippen LogP contribution in [0.5, 0.6) is 0 Å². The first-order valence-corrected chi connectivity index (χ1v) is 11.2. The van der Waals surface area contributed by atoms with Crippen molar-refractivity contribution in [2.75, 3.05) is 19.6 Å². The molecule has 0 fully saturated rings. The molecule has 0 radical (unpaired) electrons. The van der Waals surface area contributed by atoms with Crippen molar-refractivity contribution in [1.29, 1.82) is 0 Å². The Balaban J connectivity index is 0.000000563. The zero-order valence-electron chi connectivity index (χ0n) is 21.1. The third-order valence-electron chi connectivity index (χ3n) is 4.31. The van der Waals surface area contributed by atoms with Crippen LogP contribution < -0.4 is 16.0 Å². The van der Waals surface area contributed by atoms with Crippen LogP contribution in [-0.4, -0.2) is 70.6 Å². The van der Waals surface area contributed by atoms with Gasteiger partial charge in [-0.3, -0.25) is 28.8 Å². The summed E-state index contributed by atoms with van der Waals surface area (Å²) in [6.45, 7) is -1.06. The van der Waals surface area contributed by atoms with Crippen LogP contribution in [0.1, 0.15) is 31.1 Å². The van der Waals surface area contributed by atoms with Crippen molar-refractivity contribution >= 4 is 35.6 Å². The molecule has 0 saturated heterocycles. The van der Waals surface area contributed by atoms with E-state index < -0.39 is 17.9 Å². The molecule has 0 aliphatic carbocycles. The summed E-state index contributed by atoms with van der Waals surface area (Å²) in [6.07, 6.45) is 0. The quantitative estimate of drug-likeness (QED) is 0.194. The van der Waals surface area contributed by atoms with Crippen LogP contribution in [0.25, 0.3) is 0 Å². The van der Waals surface area contributed by atoms with Gasteiger partial charge in [0.05, 0.1) is 0 Å². The van der Waals surface area contributed by atoms with Crippen LogP contribution in [0.15, 0.2) is 91.0 Å². The second-order valence-electron chi connectivity index (χ2n) is 7.33. The molecule has 0 aliphatic rings. The molecule has 6 N–H and O–H groups in total. The van der Waals surface area contributed by atoms with E-state index in [0.717, 1.165) is 0 Å². The van der Waals surface area contributed by atoms with E-state index in [2.05, 4.69) is 16.0 Å². The van der Waals surface area contributed by atoms with E-state index in [0.29, 0.717) is 16.7 Å². The minimum atomic E-state index is -1.05. The number of carboxylic acid groups (broad SMARTS) is 3. The van der Waals surface area contributed by atoms with Gasteiger partial charge in [0.2, 0.25) is 0 Å². The Kier molecular flexibility index (Phi) is 18.6. The first-order chi connectivity index (χ1) is 18.6. The summed E-state index contributed by atoms with van der Waals surface area (Å²) < 4.78 is 0. The third-order valence-corrected chi connectivity index (χ3v) is 4.31. The molecule has 12 nitrogen and oxygen atoms in total. The fourth-order valence-electron chi connectivity index (χ4n) is 2.54. The topological polar surface area (TPSA) is 199 Å². The molecule has 13 heteroatoms. The minimum Gasteiger partial charge on any atom is -0.480 e. The van der Waals surface area contributed by atoms with Crippen molar-refractivity contribution in [3.63, 3.8) is 0 Å². The van der Waals surface area contributed by atoms with Crippen LogP contribution in [0.4, 0.5) is 0 Å². The van der Waals surface area contributed by atoms with E-state index in [4.69, 9.17) is 15.3 Å². The van der Waals surface area contributed by atoms with Gasteiger partial charge >= 0.3 is 17.9 Å². The summed E-state index contributed by atoms with van der Waals surface area (Å²) in [4.78, 5) is 63.9. The second kappa shape index (κ2) is 20.8. The van der Waals surface area contributed by atoms with Gasteiger partial charge in [0, 0.05) is 57.5 Å². The largest absolute Gasteiger partial charge is 0.480 e. The fourth-order valence-corrected chi connectivity index (χ4v) is 2.54. The third kappa shape index (κ3) is 16.6. The molecule has 0 spiro atoms. The summed E-state index contributed by atoms with van der Waals surface area (Å²) in [6, 6.07) is 25.4. The van der Waals surface area contributed by atoms with Crippen molar-refractivity contribution in [3.05, 3.63) is 108 Å². The van der Waals surface area contributed by atoms with E-state index in [1.165, 1.54) is 0 Å². The molecular weight excluding hydrogens is 655 g/mol. The zero-order chi connectivity index (χ0) is 29.0. The van der Waals surface area contributed by atoms with Crippen molar-refractivity contribution in [2.24, 2.45) is 0 Å². The molecule has 3 aromatic rings. The normalized spacial score (nSPS) is 9.00. The molecule has 0 heterocycles. The SMILES string of the molecule is O=C(O)CNC(=O)c1ccccc1.O=C(O)CNC(=O)c1ccccc1.O=C(O)CNC(=O)c1ccccc1.[Nd]. The molecule has 3 amide bonds. The molecule has 208 valence electrons. The predicted octanol–water partition coefficient (Wildman–Crippen LogP) is 1.50. The Morgan fingerprint density at radius 1 is 0.425 bits per heavy atom. The summed E-state index contributed by atoms with van der Waals surface area (Å²) in [7, 11) is 0. The van der Waals surface area contributed by atoms with Gasteiger partial charge in [-0.2, -0.15) is 0 Å². The predicted molar refractivity (Wildman–Crippen MR) is 139 cm³/mol. The van der Waals surface area contributed by atoms with Crippen molar-refractivity contribution in [2.45, 2.75) is 0 Å². The Morgan fingerprint density at radius 2 is 0.625 bits per heavy atom. The fraction of sp³-hybridized carbons (Fsp3) is 0.111. The van der Waals surface area contributed by atoms with Crippen LogP contribution in [0, 0.1) is 40.8 Å². The minimum absolute atomic E-state index is 0. The number of hydrogen-bond donors (Lipinski definition) is 6. The second-order valence-corrected chi connectivity index (χ2v) is 7.33. The van der Waals surface area contributed by atoms with Gasteiger partial charge in [-0.1, -0.05) is 54.6 Å². The van der Waals surface area contributed by atoms with Crippen molar-refractivity contribution in [3.8, 4) is 0 Å². The van der Waals surface area contributed by atoms with Gasteiger partial charge in [0.15, 0.2) is 0 Å². The summed E-state index contributed by atoms with van der Waals surface area (Å²) in [5.74, 6) is -4.27. The summed E-state index contributed by atoms with van der Waals surface area (Å²) >= 11 is 0. The number of carboxylic acids is 3. The number of hydrogen-bond acceptors (Lipinski definition) is 6. The van der Waals surface area contributed by atoms with E-state index in [-0.39, 0.29) is 78.2 Å². The molecule has 0 saturated carbocycles. The Morgan fingerprint density at radius 3 is 0.800 bits per heavy atom. The molecule has 3 aromatic carbocycles. The average Bonchev–Trinajstić information content (AvgIpc) is 2.95. The maximum Gasteiger partial charge on any atom is 0.322 e. The van der Waals surface area contributed by atoms with Gasteiger partial charge in [-0.25, -0.2) is 0 Å². The summed E-state index contributed by atoms with van der Waals surface area (Å²) in [5.41, 5.74) is 1.39. The number of aliphatic carboxylic acids is 3. The molecule has 0 atom stereocenters. The molecular formula is C27H27N3NdO9. The first-order valence-electron chi connectivity index (χ1n) is 11.2. The Labute approximate surface area is 262 Å². The van der Waals surface area contributed by atoms with E-state index in [9.17, 15) is 28.8 Å². The van der Waals surface area contributed by atoms with Crippen LogP contribution in [-0.2, 0) is 14.4 Å². The van der Waals surface area contributed by atoms with E-state index in [1.54, 1.807) is 91.0 Å². The standard InChI is InChI=1S/3C9H9NO3.Nd/c3*11-8(12)6-10-9(13)7-4-2-1-3-5-7;/h3*1-5H,6H2,(H,10,13)(H,11,12);. The first kappa shape index (κ1) is 35.8. The van der Waals surface area contributed by atoms with Crippen molar-refractivity contribution < 1.29 is 84.9 Å². The maximum atomic E-state index is 11.2. The van der Waals surface area contributed by atoms with Gasteiger partial charge in [-0.15, -0.1) is 0 Å². The van der Waals surface area contributed by atoms with Crippen LogP contribution in [0.2, 0.25) is 0 Å². The number of carbonyl (C=O) groups is 6. The zero-order valence-corrected chi connectivity index (χ0v) is 24.3. The van der Waals surface area contributed by atoms with Crippen LogP contribution in [0.3, 0.4) is 0 Å². The Hall–Kier alpha value is -4.17. The van der Waals surface area contributed by atoms with Gasteiger partial charge < -0.3 is 31.3 Å². The average molecular weight is 682 g/mol. The van der Waals surface area contributed by atoms with Gasteiger partial charge in [-0.05, 0) is 36.4 Å². The number of carbonyl (C=O) groups excluding carboxylic acids is 3. The molecule has 0 unspecified atom stereocenters. The van der Waals surface area contributed by atoms with Gasteiger partial charge in [0.25, 0.3) is 17.7 Å². The number of benzene rings is 3.